The predicted molar refractivity (Wildman–Crippen MR) is 72.4 cm³/mol. The summed E-state index contributed by atoms with van der Waals surface area (Å²) < 4.78 is 0. The maximum atomic E-state index is 11.3. The zero-order valence-corrected chi connectivity index (χ0v) is 11.6. The van der Waals surface area contributed by atoms with Crippen molar-refractivity contribution in [3.8, 4) is 0 Å². The number of piperidine rings is 1. The molecule has 17 heavy (non-hydrogen) atoms. The van der Waals surface area contributed by atoms with Crippen LogP contribution in [-0.4, -0.2) is 23.8 Å². The lowest BCUT2D eigenvalue weighted by molar-refractivity contribution is -0.122. The highest BCUT2D eigenvalue weighted by molar-refractivity contribution is 7.11. The Labute approximate surface area is 108 Å². The molecule has 1 saturated heterocycles. The van der Waals surface area contributed by atoms with Gasteiger partial charge in [-0.3, -0.25) is 9.69 Å². The minimum absolute atomic E-state index is 0.320. The number of thiophene rings is 1. The summed E-state index contributed by atoms with van der Waals surface area (Å²) in [5.74, 6) is 0.690. The smallest absolute Gasteiger partial charge is 0.133 e. The number of rotatable bonds is 4. The highest BCUT2D eigenvalue weighted by Gasteiger charge is 2.22. The van der Waals surface area contributed by atoms with Gasteiger partial charge < -0.3 is 0 Å². The van der Waals surface area contributed by atoms with Gasteiger partial charge in [-0.25, -0.2) is 0 Å². The van der Waals surface area contributed by atoms with Gasteiger partial charge >= 0.3 is 0 Å². The van der Waals surface area contributed by atoms with Crippen LogP contribution in [0.5, 0.6) is 0 Å². The van der Waals surface area contributed by atoms with E-state index in [1.165, 1.54) is 9.75 Å². The van der Waals surface area contributed by atoms with Crippen LogP contribution in [0, 0.1) is 5.92 Å². The summed E-state index contributed by atoms with van der Waals surface area (Å²) in [6.45, 7) is 7.14. The van der Waals surface area contributed by atoms with Crippen LogP contribution in [0.3, 0.4) is 0 Å². The predicted octanol–water partition coefficient (Wildman–Crippen LogP) is 3.11. The largest absolute Gasteiger partial charge is 0.300 e. The summed E-state index contributed by atoms with van der Waals surface area (Å²) in [7, 11) is 0. The summed E-state index contributed by atoms with van der Waals surface area (Å²) in [6, 6.07) is 4.49. The van der Waals surface area contributed by atoms with Gasteiger partial charge in [-0.2, -0.15) is 0 Å². The molecule has 0 N–H and O–H groups in total. The second-order valence-corrected chi connectivity index (χ2v) is 6.14. The van der Waals surface area contributed by atoms with Crippen LogP contribution >= 0.6 is 11.3 Å². The van der Waals surface area contributed by atoms with E-state index < -0.39 is 0 Å². The summed E-state index contributed by atoms with van der Waals surface area (Å²) >= 11 is 1.93. The molecule has 0 saturated carbocycles. The van der Waals surface area contributed by atoms with Crippen molar-refractivity contribution in [2.45, 2.75) is 39.7 Å². The Kier molecular flexibility index (Phi) is 4.35. The van der Waals surface area contributed by atoms with Crippen molar-refractivity contribution in [1.82, 2.24) is 4.90 Å². The fourth-order valence-corrected chi connectivity index (χ4v) is 3.42. The maximum Gasteiger partial charge on any atom is 0.133 e. The monoisotopic (exact) mass is 251 g/mol. The van der Waals surface area contributed by atoms with Crippen molar-refractivity contribution in [3.05, 3.63) is 21.9 Å². The molecule has 0 aromatic carbocycles. The van der Waals surface area contributed by atoms with Crippen LogP contribution in [-0.2, 0) is 17.8 Å². The molecular formula is C14H21NOS. The number of hydrogen-bond acceptors (Lipinski definition) is 3. The minimum atomic E-state index is 0.320. The van der Waals surface area contributed by atoms with Crippen molar-refractivity contribution in [1.29, 1.82) is 0 Å². The number of ketones is 1. The zero-order valence-electron chi connectivity index (χ0n) is 10.7. The second-order valence-electron chi connectivity index (χ2n) is 4.88. The Morgan fingerprint density at radius 2 is 2.00 bits per heavy atom. The molecule has 0 atom stereocenters. The van der Waals surface area contributed by atoms with Gasteiger partial charge in [-0.15, -0.1) is 11.3 Å². The van der Waals surface area contributed by atoms with Gasteiger partial charge in [0, 0.05) is 22.2 Å². The van der Waals surface area contributed by atoms with E-state index >= 15 is 0 Å². The lowest BCUT2D eigenvalue weighted by atomic mass is 9.93. The molecule has 0 bridgehead atoms. The van der Waals surface area contributed by atoms with Crippen molar-refractivity contribution in [3.63, 3.8) is 0 Å². The molecular weight excluding hydrogens is 230 g/mol. The van der Waals surface area contributed by atoms with Crippen LogP contribution in [0.2, 0.25) is 0 Å². The Bertz CT molecular complexity index is 377. The van der Waals surface area contributed by atoms with E-state index in [4.69, 9.17) is 0 Å². The SMILES string of the molecule is CCc1ccc(CN2CCC(C(C)=O)CC2)s1. The van der Waals surface area contributed by atoms with Crippen molar-refractivity contribution >= 4 is 17.1 Å². The zero-order chi connectivity index (χ0) is 12.3. The molecule has 0 amide bonds. The molecule has 0 spiro atoms. The highest BCUT2D eigenvalue weighted by Crippen LogP contribution is 2.23. The number of nitrogens with zero attached hydrogens (tertiary/aromatic N) is 1. The van der Waals surface area contributed by atoms with Gasteiger partial charge in [-0.05, 0) is 51.4 Å². The van der Waals surface area contributed by atoms with Gasteiger partial charge in [0.15, 0.2) is 0 Å². The Morgan fingerprint density at radius 1 is 1.35 bits per heavy atom. The van der Waals surface area contributed by atoms with E-state index in [-0.39, 0.29) is 0 Å². The number of carbonyl (C=O) groups excluding carboxylic acids is 1. The van der Waals surface area contributed by atoms with E-state index in [0.717, 1.165) is 38.9 Å². The quantitative estimate of drug-likeness (QED) is 0.819. The van der Waals surface area contributed by atoms with E-state index in [1.54, 1.807) is 6.92 Å². The van der Waals surface area contributed by atoms with Crippen LogP contribution in [0.25, 0.3) is 0 Å². The molecule has 1 aromatic heterocycles. The van der Waals surface area contributed by atoms with E-state index in [0.29, 0.717) is 11.7 Å². The number of likely N-dealkylation sites (tertiary alicyclic amines) is 1. The molecule has 0 radical (unpaired) electrons. The molecule has 0 aliphatic carbocycles. The first kappa shape index (κ1) is 12.8. The topological polar surface area (TPSA) is 20.3 Å². The maximum absolute atomic E-state index is 11.3. The van der Waals surface area contributed by atoms with Gasteiger partial charge in [0.2, 0.25) is 0 Å². The van der Waals surface area contributed by atoms with E-state index in [1.807, 2.05) is 11.3 Å². The van der Waals surface area contributed by atoms with Gasteiger partial charge in [0.25, 0.3) is 0 Å². The molecule has 94 valence electrons. The Morgan fingerprint density at radius 3 is 2.53 bits per heavy atom. The van der Waals surface area contributed by atoms with Crippen LogP contribution in [0.1, 0.15) is 36.4 Å². The Balaban J connectivity index is 1.83. The standard InChI is InChI=1S/C14H21NOS/c1-3-13-4-5-14(17-13)10-15-8-6-12(7-9-15)11(2)16/h4-5,12H,3,6-10H2,1-2H3. The van der Waals surface area contributed by atoms with Gasteiger partial charge in [0.1, 0.15) is 5.78 Å². The van der Waals surface area contributed by atoms with Crippen molar-refractivity contribution in [2.75, 3.05) is 13.1 Å². The summed E-state index contributed by atoms with van der Waals surface area (Å²) in [5.41, 5.74) is 0. The molecule has 2 rings (SSSR count). The average Bonchev–Trinajstić information content (AvgIpc) is 2.77. The summed E-state index contributed by atoms with van der Waals surface area (Å²) in [5, 5.41) is 0. The summed E-state index contributed by atoms with van der Waals surface area (Å²) in [4.78, 5) is 16.7. The lowest BCUT2D eigenvalue weighted by Crippen LogP contribution is -2.35. The fraction of sp³-hybridized carbons (Fsp3) is 0.643. The first-order chi connectivity index (χ1) is 8.19. The van der Waals surface area contributed by atoms with Crippen LogP contribution < -0.4 is 0 Å². The number of Topliss-reactive ketones (excluding diaryl/α,β-unsaturated/α-hetero) is 1. The number of aryl methyl sites for hydroxylation is 1. The molecule has 1 aliphatic heterocycles. The lowest BCUT2D eigenvalue weighted by Gasteiger charge is -2.30. The third-order valence-electron chi connectivity index (χ3n) is 3.61. The van der Waals surface area contributed by atoms with E-state index in [2.05, 4.69) is 24.0 Å². The molecule has 1 aromatic rings. The second kappa shape index (κ2) is 5.78. The molecule has 1 fully saturated rings. The Hall–Kier alpha value is -0.670. The third kappa shape index (κ3) is 3.39. The summed E-state index contributed by atoms with van der Waals surface area (Å²) in [6.07, 6.45) is 3.22. The van der Waals surface area contributed by atoms with E-state index in [9.17, 15) is 4.79 Å². The number of hydrogen-bond donors (Lipinski definition) is 0. The van der Waals surface area contributed by atoms with Gasteiger partial charge in [-0.1, -0.05) is 6.92 Å². The average molecular weight is 251 g/mol. The first-order valence-corrected chi connectivity index (χ1v) is 7.31. The first-order valence-electron chi connectivity index (χ1n) is 6.49. The molecule has 0 unspecified atom stereocenters. The molecule has 2 nitrogen and oxygen atoms in total. The normalized spacial score (nSPS) is 18.5. The van der Waals surface area contributed by atoms with Crippen LogP contribution in [0.15, 0.2) is 12.1 Å². The number of carbonyl (C=O) groups is 1. The highest BCUT2D eigenvalue weighted by atomic mass is 32.1. The third-order valence-corrected chi connectivity index (χ3v) is 4.82. The van der Waals surface area contributed by atoms with Crippen molar-refractivity contribution < 1.29 is 4.79 Å². The fourth-order valence-electron chi connectivity index (χ4n) is 2.42. The van der Waals surface area contributed by atoms with Crippen molar-refractivity contribution in [2.24, 2.45) is 5.92 Å². The minimum Gasteiger partial charge on any atom is -0.300 e. The van der Waals surface area contributed by atoms with Gasteiger partial charge in [0.05, 0.1) is 0 Å². The molecule has 1 aliphatic rings. The molecule has 3 heteroatoms. The molecule has 2 heterocycles. The van der Waals surface area contributed by atoms with Crippen LogP contribution in [0.4, 0.5) is 0 Å².